The summed E-state index contributed by atoms with van der Waals surface area (Å²) in [6.07, 6.45) is 5.55. The van der Waals surface area contributed by atoms with E-state index in [2.05, 4.69) is 17.1 Å². The van der Waals surface area contributed by atoms with E-state index in [1.807, 2.05) is 35.2 Å². The molecule has 27 heavy (non-hydrogen) atoms. The number of likely N-dealkylation sites (N-methyl/N-ethyl adjacent to an activating group) is 1. The van der Waals surface area contributed by atoms with Crippen LogP contribution in [0.15, 0.2) is 30.3 Å². The number of carbonyl (C=O) groups is 2. The Labute approximate surface area is 163 Å². The summed E-state index contributed by atoms with van der Waals surface area (Å²) in [5.41, 5.74) is 1.10. The molecule has 1 aliphatic carbocycles. The fourth-order valence-corrected chi connectivity index (χ4v) is 4.78. The Morgan fingerprint density at radius 2 is 1.70 bits per heavy atom. The lowest BCUT2D eigenvalue weighted by molar-refractivity contribution is -0.136. The summed E-state index contributed by atoms with van der Waals surface area (Å²) in [6.45, 7) is 5.06. The smallest absolute Gasteiger partial charge is 0.237 e. The van der Waals surface area contributed by atoms with E-state index < -0.39 is 0 Å². The first kappa shape index (κ1) is 19.9. The molecule has 1 aliphatic heterocycles. The second-order valence-corrected chi connectivity index (χ2v) is 7.84. The van der Waals surface area contributed by atoms with Crippen LogP contribution in [0.25, 0.3) is 0 Å². The van der Waals surface area contributed by atoms with Gasteiger partial charge in [0.05, 0.1) is 12.0 Å². The van der Waals surface area contributed by atoms with Crippen LogP contribution in [-0.2, 0) is 9.59 Å². The van der Waals surface area contributed by atoms with Gasteiger partial charge in [-0.1, -0.05) is 50.1 Å². The second kappa shape index (κ2) is 9.36. The summed E-state index contributed by atoms with van der Waals surface area (Å²) in [4.78, 5) is 29.9. The average molecular weight is 372 g/mol. The van der Waals surface area contributed by atoms with Crippen molar-refractivity contribution in [1.82, 2.24) is 15.1 Å². The highest BCUT2D eigenvalue weighted by Gasteiger charge is 2.37. The van der Waals surface area contributed by atoms with E-state index in [9.17, 15) is 9.59 Å². The molecule has 5 heteroatoms. The normalized spacial score (nSPS) is 21.0. The molecule has 0 spiro atoms. The average Bonchev–Trinajstić information content (AvgIpc) is 3.24. The lowest BCUT2D eigenvalue weighted by atomic mass is 9.93. The Morgan fingerprint density at radius 1 is 1.07 bits per heavy atom. The van der Waals surface area contributed by atoms with E-state index in [1.54, 1.807) is 7.05 Å². The minimum atomic E-state index is -0.0673. The minimum absolute atomic E-state index is 0.0363. The maximum atomic E-state index is 13.1. The molecule has 1 aromatic carbocycles. The molecule has 1 heterocycles. The van der Waals surface area contributed by atoms with Crippen LogP contribution in [0, 0.1) is 5.92 Å². The third-order valence-electron chi connectivity index (χ3n) is 6.29. The molecule has 3 rings (SSSR count). The van der Waals surface area contributed by atoms with Crippen molar-refractivity contribution in [3.8, 4) is 0 Å². The topological polar surface area (TPSA) is 52.7 Å². The Kier molecular flexibility index (Phi) is 6.89. The number of amides is 2. The van der Waals surface area contributed by atoms with Crippen molar-refractivity contribution in [2.24, 2.45) is 5.92 Å². The third-order valence-corrected chi connectivity index (χ3v) is 6.29. The molecule has 1 saturated heterocycles. The van der Waals surface area contributed by atoms with Crippen LogP contribution in [0.1, 0.15) is 50.5 Å². The van der Waals surface area contributed by atoms with Crippen molar-refractivity contribution in [3.05, 3.63) is 35.9 Å². The van der Waals surface area contributed by atoms with Crippen molar-refractivity contribution < 1.29 is 9.59 Å². The van der Waals surface area contributed by atoms with Gasteiger partial charge in [-0.05, 0) is 30.7 Å². The Morgan fingerprint density at radius 3 is 2.26 bits per heavy atom. The van der Waals surface area contributed by atoms with Crippen molar-refractivity contribution in [2.75, 3.05) is 33.2 Å². The number of hydrogen-bond donors (Lipinski definition) is 1. The molecule has 148 valence electrons. The zero-order valence-corrected chi connectivity index (χ0v) is 16.7. The molecule has 1 saturated carbocycles. The van der Waals surface area contributed by atoms with Gasteiger partial charge < -0.3 is 10.2 Å². The summed E-state index contributed by atoms with van der Waals surface area (Å²) in [5.74, 6) is 0.750. The van der Waals surface area contributed by atoms with Gasteiger partial charge in [0.15, 0.2) is 0 Å². The summed E-state index contributed by atoms with van der Waals surface area (Å²) >= 11 is 0. The molecule has 0 aromatic heterocycles. The summed E-state index contributed by atoms with van der Waals surface area (Å²) in [6, 6.07) is 10.0. The zero-order valence-electron chi connectivity index (χ0n) is 16.7. The zero-order chi connectivity index (χ0) is 19.2. The number of piperazine rings is 1. The Bertz CT molecular complexity index is 620. The molecule has 2 atom stereocenters. The van der Waals surface area contributed by atoms with Gasteiger partial charge in [-0.15, -0.1) is 0 Å². The largest absolute Gasteiger partial charge is 0.358 e. The number of nitrogens with zero attached hydrogens (tertiary/aromatic N) is 2. The van der Waals surface area contributed by atoms with Crippen molar-refractivity contribution in [3.63, 3.8) is 0 Å². The van der Waals surface area contributed by atoms with Crippen molar-refractivity contribution in [1.29, 1.82) is 0 Å². The van der Waals surface area contributed by atoms with Gasteiger partial charge in [0.1, 0.15) is 0 Å². The maximum Gasteiger partial charge on any atom is 0.237 e. The first-order chi connectivity index (χ1) is 13.2. The molecule has 0 radical (unpaired) electrons. The first-order valence-electron chi connectivity index (χ1n) is 10.4. The van der Waals surface area contributed by atoms with E-state index in [4.69, 9.17) is 0 Å². The number of nitrogens with one attached hydrogen (secondary N) is 1. The molecule has 1 N–H and O–H groups in total. The monoisotopic (exact) mass is 371 g/mol. The number of carbonyl (C=O) groups excluding carboxylic acids is 2. The van der Waals surface area contributed by atoms with Gasteiger partial charge in [-0.2, -0.15) is 0 Å². The molecule has 2 amide bonds. The molecule has 2 aliphatic rings. The standard InChI is InChI=1S/C22H33N3O2/c1-3-19(17-9-5-4-6-10-17)22(27)25-15-13-24(14-16-25)20(21(26)23-2)18-11-7-8-12-18/h4-6,9-10,18-20H,3,7-8,11-16H2,1-2H3,(H,23,26)/t19-,20+/m1/s1. The molecule has 0 bridgehead atoms. The van der Waals surface area contributed by atoms with E-state index >= 15 is 0 Å². The van der Waals surface area contributed by atoms with E-state index in [0.717, 1.165) is 37.9 Å². The minimum Gasteiger partial charge on any atom is -0.358 e. The van der Waals surface area contributed by atoms with E-state index in [1.165, 1.54) is 12.8 Å². The van der Waals surface area contributed by atoms with Crippen LogP contribution in [0.4, 0.5) is 0 Å². The number of benzene rings is 1. The van der Waals surface area contributed by atoms with Crippen molar-refractivity contribution >= 4 is 11.8 Å². The quantitative estimate of drug-likeness (QED) is 0.836. The van der Waals surface area contributed by atoms with E-state index in [0.29, 0.717) is 19.0 Å². The number of hydrogen-bond acceptors (Lipinski definition) is 3. The summed E-state index contributed by atoms with van der Waals surface area (Å²) in [7, 11) is 1.73. The third kappa shape index (κ3) is 4.52. The van der Waals surface area contributed by atoms with Gasteiger partial charge in [0.2, 0.25) is 11.8 Å². The molecule has 1 aromatic rings. The van der Waals surface area contributed by atoms with Crippen molar-refractivity contribution in [2.45, 2.75) is 51.0 Å². The van der Waals surface area contributed by atoms with Gasteiger partial charge in [0, 0.05) is 33.2 Å². The van der Waals surface area contributed by atoms with Crippen LogP contribution in [0.2, 0.25) is 0 Å². The highest BCUT2D eigenvalue weighted by Crippen LogP contribution is 2.31. The number of rotatable bonds is 6. The molecular formula is C22H33N3O2. The molecule has 5 nitrogen and oxygen atoms in total. The lowest BCUT2D eigenvalue weighted by Crippen LogP contribution is -2.58. The highest BCUT2D eigenvalue weighted by atomic mass is 16.2. The van der Waals surface area contributed by atoms with Crippen LogP contribution >= 0.6 is 0 Å². The van der Waals surface area contributed by atoms with Crippen LogP contribution < -0.4 is 5.32 Å². The predicted octanol–water partition coefficient (Wildman–Crippen LogP) is 2.63. The molecule has 2 fully saturated rings. The van der Waals surface area contributed by atoms with Crippen LogP contribution in [0.3, 0.4) is 0 Å². The Balaban J connectivity index is 1.63. The Hall–Kier alpha value is -1.88. The highest BCUT2D eigenvalue weighted by molar-refractivity contribution is 5.84. The lowest BCUT2D eigenvalue weighted by Gasteiger charge is -2.41. The predicted molar refractivity (Wildman–Crippen MR) is 107 cm³/mol. The van der Waals surface area contributed by atoms with E-state index in [-0.39, 0.29) is 23.8 Å². The SMILES string of the molecule is CC[C@@H](C(=O)N1CCN([C@H](C(=O)NC)C2CCCC2)CC1)c1ccccc1. The van der Waals surface area contributed by atoms with Crippen LogP contribution in [-0.4, -0.2) is 60.9 Å². The molecular weight excluding hydrogens is 338 g/mol. The summed E-state index contributed by atoms with van der Waals surface area (Å²) in [5, 5.41) is 2.86. The molecule has 0 unspecified atom stereocenters. The van der Waals surface area contributed by atoms with Gasteiger partial charge in [-0.3, -0.25) is 14.5 Å². The first-order valence-corrected chi connectivity index (χ1v) is 10.4. The summed E-state index contributed by atoms with van der Waals surface area (Å²) < 4.78 is 0. The second-order valence-electron chi connectivity index (χ2n) is 7.84. The fraction of sp³-hybridized carbons (Fsp3) is 0.636. The fourth-order valence-electron chi connectivity index (χ4n) is 4.78. The maximum absolute atomic E-state index is 13.1. The van der Waals surface area contributed by atoms with Crippen LogP contribution in [0.5, 0.6) is 0 Å². The van der Waals surface area contributed by atoms with Gasteiger partial charge >= 0.3 is 0 Å². The van der Waals surface area contributed by atoms with Gasteiger partial charge in [-0.25, -0.2) is 0 Å². The van der Waals surface area contributed by atoms with Gasteiger partial charge in [0.25, 0.3) is 0 Å².